The number of piperidine rings is 1. The minimum absolute atomic E-state index is 0.153. The Hall–Kier alpha value is -4.93. The Morgan fingerprint density at radius 1 is 0.879 bits per heavy atom. The molecule has 3 unspecified atom stereocenters. The number of fused-ring (bicyclic) bond motifs is 3. The summed E-state index contributed by atoms with van der Waals surface area (Å²) < 4.78 is 5.63. The van der Waals surface area contributed by atoms with Gasteiger partial charge < -0.3 is 19.6 Å². The number of benzene rings is 3. The van der Waals surface area contributed by atoms with Gasteiger partial charge in [-0.05, 0) is 91.5 Å². The maximum Gasteiger partial charge on any atom is 0.343 e. The second-order valence-corrected chi connectivity index (χ2v) is 16.4. The van der Waals surface area contributed by atoms with E-state index in [-0.39, 0.29) is 11.9 Å². The molecule has 6 heterocycles. The quantitative estimate of drug-likeness (QED) is 0.280. The molecule has 0 saturated carbocycles. The average Bonchev–Trinajstić information content (AvgIpc) is 3.96. The van der Waals surface area contributed by atoms with Crippen molar-refractivity contribution in [2.75, 3.05) is 66.0 Å². The fourth-order valence-electron chi connectivity index (χ4n) is 9.25. The first-order valence-electron chi connectivity index (χ1n) is 19.5. The van der Waals surface area contributed by atoms with E-state index in [4.69, 9.17) is 27.9 Å². The Balaban J connectivity index is 0.994. The molecule has 58 heavy (non-hydrogen) atoms. The molecule has 2 N–H and O–H groups in total. The van der Waals surface area contributed by atoms with Crippen molar-refractivity contribution in [1.82, 2.24) is 30.0 Å². The molecule has 3 aromatic rings. The van der Waals surface area contributed by atoms with Crippen molar-refractivity contribution in [1.29, 1.82) is 0 Å². The first-order valence-corrected chi connectivity index (χ1v) is 20.3. The van der Waals surface area contributed by atoms with Gasteiger partial charge in [-0.3, -0.25) is 19.8 Å². The number of aliphatic carboxylic acids is 1. The molecule has 4 amide bonds. The summed E-state index contributed by atoms with van der Waals surface area (Å²) in [5.41, 5.74) is 1.57. The van der Waals surface area contributed by atoms with E-state index in [0.29, 0.717) is 106 Å². The van der Waals surface area contributed by atoms with Crippen molar-refractivity contribution >= 4 is 53.2 Å². The molecule has 9 rings (SSSR count). The molecule has 3 aromatic carbocycles. The Labute approximate surface area is 346 Å². The smallest absolute Gasteiger partial charge is 0.343 e. The fraction of sp³-hybridized carbons (Fsp3) is 0.439. The monoisotopic (exact) mass is 829 g/mol. The number of carboxylic acid groups (broad SMARTS) is 1. The lowest BCUT2D eigenvalue weighted by molar-refractivity contribution is -0.190. The largest absolute Gasteiger partial charge is 0.496 e. The SMILES string of the molecule is COc1ccc(C2C=NN=N2)cc1C(=O)N1CCC(CCN2CCC(C(=O)NC(=O)N3C(C(=O)O)N4CCN3CC4)(c3ccccc3)CC2)(c2ccc(Cl)c(Cl)c2)C1. The summed E-state index contributed by atoms with van der Waals surface area (Å²) in [5.74, 6) is -1.26. The van der Waals surface area contributed by atoms with Gasteiger partial charge in [0.1, 0.15) is 11.8 Å². The molecular weight excluding hydrogens is 785 g/mol. The molecule has 0 radical (unpaired) electrons. The van der Waals surface area contributed by atoms with Crippen LogP contribution in [0.4, 0.5) is 4.79 Å². The van der Waals surface area contributed by atoms with Crippen LogP contribution < -0.4 is 10.1 Å². The number of urea groups is 1. The molecule has 6 aliphatic rings. The number of hydrogen-bond donors (Lipinski definition) is 2. The van der Waals surface area contributed by atoms with Crippen LogP contribution >= 0.6 is 23.2 Å². The summed E-state index contributed by atoms with van der Waals surface area (Å²) in [6.45, 7) is 4.85. The average molecular weight is 831 g/mol. The number of hydrazine groups is 1. The molecule has 15 nitrogen and oxygen atoms in total. The summed E-state index contributed by atoms with van der Waals surface area (Å²) in [5, 5.41) is 28.1. The number of halogens is 2. The van der Waals surface area contributed by atoms with E-state index in [9.17, 15) is 24.3 Å². The number of piperazine rings is 1. The number of imide groups is 1. The summed E-state index contributed by atoms with van der Waals surface area (Å²) in [6, 6.07) is 19.5. The van der Waals surface area contributed by atoms with Crippen LogP contribution in [0.2, 0.25) is 10.0 Å². The lowest BCUT2D eigenvalue weighted by Crippen LogP contribution is -2.74. The van der Waals surface area contributed by atoms with Gasteiger partial charge in [0.15, 0.2) is 0 Å². The van der Waals surface area contributed by atoms with Crippen LogP contribution in [-0.4, -0.2) is 132 Å². The highest BCUT2D eigenvalue weighted by Gasteiger charge is 2.49. The Morgan fingerprint density at radius 2 is 1.64 bits per heavy atom. The van der Waals surface area contributed by atoms with Crippen molar-refractivity contribution in [3.63, 3.8) is 0 Å². The van der Waals surface area contributed by atoms with Gasteiger partial charge in [-0.1, -0.05) is 65.7 Å². The molecule has 0 aromatic heterocycles. The van der Waals surface area contributed by atoms with E-state index in [0.717, 1.165) is 16.7 Å². The minimum Gasteiger partial charge on any atom is -0.496 e. The Morgan fingerprint density at radius 3 is 2.31 bits per heavy atom. The van der Waals surface area contributed by atoms with Crippen LogP contribution in [0.5, 0.6) is 5.75 Å². The van der Waals surface area contributed by atoms with E-state index >= 15 is 0 Å². The third-order valence-electron chi connectivity index (χ3n) is 12.6. The number of methoxy groups -OCH3 is 1. The van der Waals surface area contributed by atoms with Crippen molar-refractivity contribution in [2.24, 2.45) is 15.4 Å². The zero-order valence-corrected chi connectivity index (χ0v) is 33.6. The van der Waals surface area contributed by atoms with Crippen molar-refractivity contribution in [2.45, 2.75) is 48.7 Å². The van der Waals surface area contributed by atoms with Gasteiger partial charge in [-0.25, -0.2) is 19.6 Å². The van der Waals surface area contributed by atoms with Crippen LogP contribution in [0.15, 0.2) is 82.2 Å². The molecule has 6 aliphatic heterocycles. The number of hydrogen-bond acceptors (Lipinski definition) is 11. The number of ether oxygens (including phenoxy) is 1. The highest BCUT2D eigenvalue weighted by molar-refractivity contribution is 6.42. The van der Waals surface area contributed by atoms with Crippen LogP contribution in [0.3, 0.4) is 0 Å². The van der Waals surface area contributed by atoms with Crippen molar-refractivity contribution < 1.29 is 29.0 Å². The number of carboxylic acids is 1. The van der Waals surface area contributed by atoms with Crippen LogP contribution in [0.25, 0.3) is 0 Å². The second-order valence-electron chi connectivity index (χ2n) is 15.6. The predicted molar refractivity (Wildman–Crippen MR) is 216 cm³/mol. The molecule has 304 valence electrons. The van der Waals surface area contributed by atoms with Gasteiger partial charge in [-0.2, -0.15) is 5.11 Å². The van der Waals surface area contributed by atoms with Crippen molar-refractivity contribution in [3.05, 3.63) is 99.0 Å². The van der Waals surface area contributed by atoms with Crippen molar-refractivity contribution in [3.8, 4) is 5.75 Å². The third-order valence-corrected chi connectivity index (χ3v) is 13.3. The first-order chi connectivity index (χ1) is 28.0. The predicted octanol–water partition coefficient (Wildman–Crippen LogP) is 5.20. The van der Waals surface area contributed by atoms with Gasteiger partial charge >= 0.3 is 12.0 Å². The Kier molecular flexibility index (Phi) is 11.3. The lowest BCUT2D eigenvalue weighted by Gasteiger charge is -2.52. The number of amides is 4. The highest BCUT2D eigenvalue weighted by atomic mass is 35.5. The number of nitrogens with one attached hydrogen (secondary N) is 1. The minimum atomic E-state index is -1.17. The van der Waals surface area contributed by atoms with Crippen LogP contribution in [0.1, 0.15) is 58.8 Å². The van der Waals surface area contributed by atoms with Gasteiger partial charge in [0.25, 0.3) is 5.91 Å². The topological polar surface area (TPSA) is 163 Å². The maximum absolute atomic E-state index is 14.3. The summed E-state index contributed by atoms with van der Waals surface area (Å²) in [6.07, 6.45) is 2.74. The zero-order chi connectivity index (χ0) is 40.6. The van der Waals surface area contributed by atoms with Gasteiger partial charge in [0, 0.05) is 44.7 Å². The molecular formula is C41H45Cl2N9O6. The van der Waals surface area contributed by atoms with Gasteiger partial charge in [0.05, 0.1) is 34.3 Å². The number of carbonyl (C=O) groups is 4. The molecule has 17 heteroatoms. The number of carbonyl (C=O) groups excluding carboxylic acids is 3. The van der Waals surface area contributed by atoms with E-state index in [1.165, 1.54) is 5.01 Å². The molecule has 0 aliphatic carbocycles. The maximum atomic E-state index is 14.3. The number of likely N-dealkylation sites (tertiary alicyclic amines) is 2. The summed E-state index contributed by atoms with van der Waals surface area (Å²) >= 11 is 13.0. The highest BCUT2D eigenvalue weighted by Crippen LogP contribution is 2.43. The fourth-order valence-corrected chi connectivity index (χ4v) is 9.55. The first kappa shape index (κ1) is 39.9. The van der Waals surface area contributed by atoms with Gasteiger partial charge in [-0.15, -0.1) is 5.10 Å². The Bertz CT molecular complexity index is 2130. The molecule has 5 fully saturated rings. The van der Waals surface area contributed by atoms with Crippen LogP contribution in [-0.2, 0) is 20.4 Å². The zero-order valence-electron chi connectivity index (χ0n) is 32.1. The number of nitrogens with zero attached hydrogens (tertiary/aromatic N) is 8. The van der Waals surface area contributed by atoms with Gasteiger partial charge in [0.2, 0.25) is 12.1 Å². The summed E-state index contributed by atoms with van der Waals surface area (Å²) in [7, 11) is 1.54. The third kappa shape index (κ3) is 7.45. The van der Waals surface area contributed by atoms with E-state index < -0.39 is 34.9 Å². The molecule has 5 saturated heterocycles. The second kappa shape index (κ2) is 16.4. The molecule has 2 bridgehead atoms. The molecule has 3 atom stereocenters. The standard InChI is InChI=1S/C41H45Cl2N9O6/c1-58-34-10-7-27(33-25-44-47-46-33)23-30(34)36(53)50-18-12-40(26-50,29-8-9-31(42)32(43)24-29)11-15-48-16-13-41(14-17-48,28-5-3-2-4-6-28)38(56)45-39(57)52-35(37(54)55)49-19-21-51(52)22-20-49/h2-10,23-25,33,35H,11-22,26H2,1H3,(H,54,55)(H,45,56,57). The normalized spacial score (nSPS) is 26.2. The lowest BCUT2D eigenvalue weighted by atomic mass is 9.71. The van der Waals surface area contributed by atoms with E-state index in [2.05, 4.69) is 25.7 Å². The number of rotatable bonds is 10. The van der Waals surface area contributed by atoms with E-state index in [1.54, 1.807) is 41.4 Å². The van der Waals surface area contributed by atoms with E-state index in [1.807, 2.05) is 53.4 Å². The summed E-state index contributed by atoms with van der Waals surface area (Å²) in [4.78, 5) is 60.5. The van der Waals surface area contributed by atoms with Crippen LogP contribution in [0, 0.1) is 0 Å². The molecule has 0 spiro atoms.